The van der Waals surface area contributed by atoms with E-state index in [1.807, 2.05) is 49.6 Å². The first-order chi connectivity index (χ1) is 15.9. The standard InChI is InChI=1S/C26H26N2O4S.Li.H/c1-17-5-3-4-6-20(17)22-15-18(7-9-19-16-27-13-11-24(19)29)8-10-21(22)25(30)28-23(26(31)32)12-14-33-2;;/h3-11,13,15-16,23H,12,14H2,1-2H3,(H,27,29)(H,28,30)(H,31,32);;/b9-7+;;. The molecular formula is C26H27LiN2O4S. The number of carbonyl (C=O) groups excluding carboxylic acids is 1. The molecule has 1 atom stereocenters. The van der Waals surface area contributed by atoms with E-state index >= 15 is 0 Å². The molecule has 1 heterocycles. The summed E-state index contributed by atoms with van der Waals surface area (Å²) in [5, 5.41) is 22.2. The molecule has 3 rings (SSSR count). The molecule has 0 saturated carbocycles. The first-order valence-electron chi connectivity index (χ1n) is 10.4. The second kappa shape index (κ2) is 13.0. The number of carboxylic acid groups (broad SMARTS) is 1. The van der Waals surface area contributed by atoms with Gasteiger partial charge < -0.3 is 15.5 Å². The Morgan fingerprint density at radius 2 is 1.88 bits per heavy atom. The van der Waals surface area contributed by atoms with Crippen LogP contribution in [0.4, 0.5) is 0 Å². The summed E-state index contributed by atoms with van der Waals surface area (Å²) < 4.78 is 0. The van der Waals surface area contributed by atoms with Crippen LogP contribution in [0.5, 0.6) is 5.75 Å². The molecule has 1 amide bonds. The molecule has 3 N–H and O–H groups in total. The normalized spacial score (nSPS) is 11.6. The Kier molecular flexibility index (Phi) is 10.5. The van der Waals surface area contributed by atoms with Crippen molar-refractivity contribution >= 4 is 54.7 Å². The van der Waals surface area contributed by atoms with Crippen LogP contribution in [0.1, 0.15) is 33.5 Å². The van der Waals surface area contributed by atoms with Crippen LogP contribution >= 0.6 is 11.8 Å². The van der Waals surface area contributed by atoms with Crippen molar-refractivity contribution in [1.82, 2.24) is 10.3 Å². The van der Waals surface area contributed by atoms with Gasteiger partial charge in [-0.2, -0.15) is 11.8 Å². The average Bonchev–Trinajstić information content (AvgIpc) is 2.81. The molecule has 0 bridgehead atoms. The molecule has 0 aliphatic rings. The SMILES string of the molecule is CSCCC(NC(=O)c1ccc(/C=C/c2cnccc2O)cc1-c1ccccc1C)C(=O)O.[LiH]. The number of aryl methyl sites for hydroxylation is 1. The third-order valence-electron chi connectivity index (χ3n) is 5.22. The number of benzene rings is 2. The van der Waals surface area contributed by atoms with E-state index in [1.165, 1.54) is 24.0 Å². The van der Waals surface area contributed by atoms with Crippen LogP contribution in [0.15, 0.2) is 60.9 Å². The molecule has 0 radical (unpaired) electrons. The Labute approximate surface area is 215 Å². The number of carbonyl (C=O) groups is 2. The first kappa shape index (κ1) is 27.3. The third-order valence-corrected chi connectivity index (χ3v) is 5.86. The summed E-state index contributed by atoms with van der Waals surface area (Å²) in [5.74, 6) is -0.721. The van der Waals surface area contributed by atoms with Crippen LogP contribution in [0.25, 0.3) is 23.3 Å². The molecule has 0 spiro atoms. The van der Waals surface area contributed by atoms with E-state index in [-0.39, 0.29) is 24.6 Å². The number of nitrogens with zero attached hydrogens (tertiary/aromatic N) is 1. The van der Waals surface area contributed by atoms with Gasteiger partial charge in [-0.25, -0.2) is 4.79 Å². The van der Waals surface area contributed by atoms with E-state index in [4.69, 9.17) is 0 Å². The second-order valence-corrected chi connectivity index (χ2v) is 8.52. The summed E-state index contributed by atoms with van der Waals surface area (Å²) in [6, 6.07) is 13.7. The summed E-state index contributed by atoms with van der Waals surface area (Å²) in [4.78, 5) is 28.8. The van der Waals surface area contributed by atoms with Crippen molar-refractivity contribution in [2.45, 2.75) is 19.4 Å². The zero-order chi connectivity index (χ0) is 23.8. The number of hydrogen-bond donors (Lipinski definition) is 3. The molecule has 1 aromatic heterocycles. The van der Waals surface area contributed by atoms with Crippen LogP contribution in [0.2, 0.25) is 0 Å². The van der Waals surface area contributed by atoms with Gasteiger partial charge in [-0.05, 0) is 71.9 Å². The van der Waals surface area contributed by atoms with Crippen molar-refractivity contribution < 1.29 is 19.8 Å². The van der Waals surface area contributed by atoms with E-state index in [0.717, 1.165) is 16.7 Å². The number of aliphatic carboxylic acids is 1. The van der Waals surface area contributed by atoms with Gasteiger partial charge in [0.05, 0.1) is 0 Å². The van der Waals surface area contributed by atoms with E-state index in [2.05, 4.69) is 10.3 Å². The minimum atomic E-state index is -1.05. The number of amides is 1. The topological polar surface area (TPSA) is 99.5 Å². The Morgan fingerprint density at radius 3 is 2.56 bits per heavy atom. The van der Waals surface area contributed by atoms with E-state index in [0.29, 0.717) is 28.9 Å². The van der Waals surface area contributed by atoms with Crippen LogP contribution in [-0.4, -0.2) is 64.0 Å². The number of aromatic hydroxyl groups is 1. The van der Waals surface area contributed by atoms with Crippen molar-refractivity contribution in [3.8, 4) is 16.9 Å². The van der Waals surface area contributed by atoms with Gasteiger partial charge in [0.15, 0.2) is 0 Å². The maximum atomic E-state index is 13.1. The molecule has 0 fully saturated rings. The summed E-state index contributed by atoms with van der Waals surface area (Å²) in [5.41, 5.74) is 4.39. The summed E-state index contributed by atoms with van der Waals surface area (Å²) in [6.07, 6.45) is 8.91. The summed E-state index contributed by atoms with van der Waals surface area (Å²) >= 11 is 1.53. The molecule has 3 aromatic rings. The van der Waals surface area contributed by atoms with Gasteiger partial charge in [-0.3, -0.25) is 9.78 Å². The molecule has 0 aliphatic carbocycles. The number of hydrogen-bond acceptors (Lipinski definition) is 5. The Bertz CT molecular complexity index is 1180. The molecule has 34 heavy (non-hydrogen) atoms. The monoisotopic (exact) mass is 470 g/mol. The van der Waals surface area contributed by atoms with Crippen molar-refractivity contribution in [1.29, 1.82) is 0 Å². The number of rotatable bonds is 9. The van der Waals surface area contributed by atoms with E-state index in [1.54, 1.807) is 24.4 Å². The Morgan fingerprint density at radius 1 is 1.12 bits per heavy atom. The quantitative estimate of drug-likeness (QED) is 0.405. The summed E-state index contributed by atoms with van der Waals surface area (Å²) in [6.45, 7) is 1.96. The molecule has 0 aliphatic heterocycles. The van der Waals surface area contributed by atoms with Crippen LogP contribution in [-0.2, 0) is 4.79 Å². The molecule has 0 saturated heterocycles. The van der Waals surface area contributed by atoms with Crippen molar-refractivity contribution in [3.05, 3.63) is 83.2 Å². The third kappa shape index (κ3) is 7.01. The predicted octanol–water partition coefficient (Wildman–Crippen LogP) is 4.22. The molecule has 6 nitrogen and oxygen atoms in total. The number of nitrogens with one attached hydrogen (secondary N) is 1. The molecular weight excluding hydrogens is 443 g/mol. The van der Waals surface area contributed by atoms with Gasteiger partial charge in [0.1, 0.15) is 11.8 Å². The Balaban J connectivity index is 0.00000408. The molecule has 8 heteroatoms. The zero-order valence-electron chi connectivity index (χ0n) is 18.5. The van der Waals surface area contributed by atoms with Crippen LogP contribution in [0.3, 0.4) is 0 Å². The number of thioether (sulfide) groups is 1. The second-order valence-electron chi connectivity index (χ2n) is 7.53. The van der Waals surface area contributed by atoms with Gasteiger partial charge >= 0.3 is 24.8 Å². The van der Waals surface area contributed by atoms with Gasteiger partial charge in [0.25, 0.3) is 5.91 Å². The fraction of sp³-hybridized carbons (Fsp3) is 0.192. The first-order valence-corrected chi connectivity index (χ1v) is 11.8. The van der Waals surface area contributed by atoms with Gasteiger partial charge in [0, 0.05) is 23.5 Å². The number of pyridine rings is 1. The van der Waals surface area contributed by atoms with Gasteiger partial charge in [-0.1, -0.05) is 36.4 Å². The Hall–Kier alpha value is -2.98. The summed E-state index contributed by atoms with van der Waals surface area (Å²) in [7, 11) is 0. The van der Waals surface area contributed by atoms with Gasteiger partial charge in [0.2, 0.25) is 0 Å². The molecule has 1 unspecified atom stereocenters. The van der Waals surface area contributed by atoms with Crippen molar-refractivity contribution in [2.24, 2.45) is 0 Å². The maximum absolute atomic E-state index is 13.1. The van der Waals surface area contributed by atoms with Gasteiger partial charge in [-0.15, -0.1) is 0 Å². The fourth-order valence-electron chi connectivity index (χ4n) is 3.40. The minimum absolute atomic E-state index is 0. The predicted molar refractivity (Wildman–Crippen MR) is 140 cm³/mol. The fourth-order valence-corrected chi connectivity index (χ4v) is 3.88. The number of carboxylic acids is 1. The number of aromatic nitrogens is 1. The molecule has 172 valence electrons. The van der Waals surface area contributed by atoms with Crippen molar-refractivity contribution in [3.63, 3.8) is 0 Å². The van der Waals surface area contributed by atoms with E-state index in [9.17, 15) is 19.8 Å². The zero-order valence-corrected chi connectivity index (χ0v) is 19.3. The average molecular weight is 471 g/mol. The van der Waals surface area contributed by atoms with Crippen LogP contribution in [0, 0.1) is 6.92 Å². The van der Waals surface area contributed by atoms with E-state index < -0.39 is 17.9 Å². The van der Waals surface area contributed by atoms with Crippen molar-refractivity contribution in [2.75, 3.05) is 12.0 Å². The molecule has 2 aromatic carbocycles. The van der Waals surface area contributed by atoms with Crippen LogP contribution < -0.4 is 5.32 Å².